The third-order valence-electron chi connectivity index (χ3n) is 4.11. The van der Waals surface area contributed by atoms with Crippen LogP contribution in [0.2, 0.25) is 0 Å². The quantitative estimate of drug-likeness (QED) is 0.786. The van der Waals surface area contributed by atoms with E-state index in [1.54, 1.807) is 29.6 Å². The number of benzene rings is 2. The average molecular weight is 396 g/mol. The van der Waals surface area contributed by atoms with Crippen molar-refractivity contribution in [3.8, 4) is 5.75 Å². The van der Waals surface area contributed by atoms with Gasteiger partial charge in [0.2, 0.25) is 10.0 Å². The zero-order valence-electron chi connectivity index (χ0n) is 12.8. The number of hydrogen-bond acceptors (Lipinski definition) is 3. The van der Waals surface area contributed by atoms with E-state index in [-0.39, 0.29) is 6.04 Å². The molecule has 1 aliphatic heterocycles. The van der Waals surface area contributed by atoms with Crippen molar-refractivity contribution >= 4 is 26.0 Å². The van der Waals surface area contributed by atoms with Crippen LogP contribution in [0.3, 0.4) is 0 Å². The Kier molecular flexibility index (Phi) is 4.75. The van der Waals surface area contributed by atoms with Gasteiger partial charge in [0.25, 0.3) is 0 Å². The highest BCUT2D eigenvalue weighted by Gasteiger charge is 2.36. The summed E-state index contributed by atoms with van der Waals surface area (Å²) in [5.41, 5.74) is 1.00. The van der Waals surface area contributed by atoms with E-state index in [4.69, 9.17) is 4.74 Å². The molecule has 1 saturated heterocycles. The van der Waals surface area contributed by atoms with Crippen molar-refractivity contribution in [3.63, 3.8) is 0 Å². The van der Waals surface area contributed by atoms with Crippen molar-refractivity contribution < 1.29 is 13.2 Å². The summed E-state index contributed by atoms with van der Waals surface area (Å²) in [4.78, 5) is 0.326. The Labute approximate surface area is 145 Å². The van der Waals surface area contributed by atoms with Crippen LogP contribution in [0.5, 0.6) is 5.75 Å². The highest BCUT2D eigenvalue weighted by molar-refractivity contribution is 9.10. The number of ether oxygens (including phenoxy) is 1. The second-order valence-corrected chi connectivity index (χ2v) is 8.31. The summed E-state index contributed by atoms with van der Waals surface area (Å²) in [5, 5.41) is 0. The van der Waals surface area contributed by atoms with Crippen molar-refractivity contribution in [3.05, 3.63) is 58.6 Å². The smallest absolute Gasteiger partial charge is 0.243 e. The maximum Gasteiger partial charge on any atom is 0.243 e. The molecule has 6 heteroatoms. The van der Waals surface area contributed by atoms with E-state index in [1.165, 1.54) is 0 Å². The van der Waals surface area contributed by atoms with Crippen LogP contribution in [-0.2, 0) is 10.0 Å². The van der Waals surface area contributed by atoms with Gasteiger partial charge in [-0.3, -0.25) is 0 Å². The number of hydrogen-bond donors (Lipinski definition) is 0. The van der Waals surface area contributed by atoms with Gasteiger partial charge in [-0.2, -0.15) is 4.31 Å². The van der Waals surface area contributed by atoms with Gasteiger partial charge >= 0.3 is 0 Å². The van der Waals surface area contributed by atoms with Crippen molar-refractivity contribution in [1.82, 2.24) is 4.31 Å². The molecule has 0 radical (unpaired) electrons. The molecule has 0 amide bonds. The van der Waals surface area contributed by atoms with E-state index in [1.807, 2.05) is 30.3 Å². The molecule has 3 rings (SSSR count). The Morgan fingerprint density at radius 1 is 1.17 bits per heavy atom. The summed E-state index contributed by atoms with van der Waals surface area (Å²) in [7, 11) is -1.88. The molecule has 0 aromatic heterocycles. The first kappa shape index (κ1) is 16.5. The molecule has 0 bridgehead atoms. The molecule has 1 fully saturated rings. The van der Waals surface area contributed by atoms with Crippen molar-refractivity contribution in [2.24, 2.45) is 0 Å². The van der Waals surface area contributed by atoms with Crippen LogP contribution in [0, 0.1) is 0 Å². The fourth-order valence-corrected chi connectivity index (χ4v) is 5.23. The average Bonchev–Trinajstić information content (AvgIpc) is 3.05. The fraction of sp³-hybridized carbons (Fsp3) is 0.294. The largest absolute Gasteiger partial charge is 0.497 e. The molecular formula is C17H18BrNO3S. The lowest BCUT2D eigenvalue weighted by Crippen LogP contribution is -2.30. The Hall–Kier alpha value is -1.37. The molecule has 2 aromatic carbocycles. The van der Waals surface area contributed by atoms with Gasteiger partial charge < -0.3 is 4.74 Å². The van der Waals surface area contributed by atoms with Gasteiger partial charge in [0.05, 0.1) is 18.0 Å². The molecule has 23 heavy (non-hydrogen) atoms. The molecule has 1 atom stereocenters. The third-order valence-corrected chi connectivity index (χ3v) is 6.50. The third kappa shape index (κ3) is 3.29. The molecular weight excluding hydrogens is 378 g/mol. The predicted octanol–water partition coefficient (Wildman–Crippen LogP) is 3.98. The highest BCUT2D eigenvalue weighted by Crippen LogP contribution is 2.37. The minimum Gasteiger partial charge on any atom is -0.497 e. The van der Waals surface area contributed by atoms with E-state index in [0.717, 1.165) is 28.6 Å². The lowest BCUT2D eigenvalue weighted by Gasteiger charge is -2.24. The van der Waals surface area contributed by atoms with Gasteiger partial charge in [-0.15, -0.1) is 0 Å². The summed E-state index contributed by atoms with van der Waals surface area (Å²) < 4.78 is 33.5. The Bertz CT molecular complexity index is 790. The fourth-order valence-electron chi connectivity index (χ4n) is 2.95. The van der Waals surface area contributed by atoms with E-state index in [2.05, 4.69) is 15.9 Å². The zero-order valence-corrected chi connectivity index (χ0v) is 15.2. The summed E-state index contributed by atoms with van der Waals surface area (Å²) >= 11 is 3.34. The molecule has 4 nitrogen and oxygen atoms in total. The maximum absolute atomic E-state index is 13.0. The number of rotatable bonds is 4. The van der Waals surface area contributed by atoms with Crippen LogP contribution in [0.4, 0.5) is 0 Å². The first-order valence-electron chi connectivity index (χ1n) is 7.44. The number of halogens is 1. The van der Waals surface area contributed by atoms with Crippen LogP contribution in [0.25, 0.3) is 0 Å². The molecule has 0 unspecified atom stereocenters. The first-order valence-corrected chi connectivity index (χ1v) is 9.67. The SMILES string of the molecule is COc1ccc([C@@H]2CCCN2S(=O)(=O)c2cccc(Br)c2)cc1. The standard InChI is InChI=1S/C17H18BrNO3S/c1-22-15-9-7-13(8-10-15)17-6-3-11-19(17)23(20,21)16-5-2-4-14(18)12-16/h2,4-5,7-10,12,17H,3,6,11H2,1H3/t17-/m0/s1. The molecule has 0 spiro atoms. The summed E-state index contributed by atoms with van der Waals surface area (Å²) in [6, 6.07) is 14.4. The van der Waals surface area contributed by atoms with E-state index < -0.39 is 10.0 Å². The topological polar surface area (TPSA) is 46.6 Å². The van der Waals surface area contributed by atoms with E-state index >= 15 is 0 Å². The summed E-state index contributed by atoms with van der Waals surface area (Å²) in [6.45, 7) is 0.547. The van der Waals surface area contributed by atoms with Gasteiger partial charge in [0, 0.05) is 11.0 Å². The van der Waals surface area contributed by atoms with Gasteiger partial charge in [-0.1, -0.05) is 34.1 Å². The molecule has 1 aliphatic rings. The first-order chi connectivity index (χ1) is 11.0. The molecule has 122 valence electrons. The van der Waals surface area contributed by atoms with Gasteiger partial charge in [-0.25, -0.2) is 8.42 Å². The monoisotopic (exact) mass is 395 g/mol. The lowest BCUT2D eigenvalue weighted by molar-refractivity contribution is 0.394. The van der Waals surface area contributed by atoms with Crippen LogP contribution in [0.15, 0.2) is 57.9 Å². The second kappa shape index (κ2) is 6.63. The van der Waals surface area contributed by atoms with Crippen LogP contribution >= 0.6 is 15.9 Å². The van der Waals surface area contributed by atoms with Gasteiger partial charge in [0.15, 0.2) is 0 Å². The number of nitrogens with zero attached hydrogens (tertiary/aromatic N) is 1. The van der Waals surface area contributed by atoms with E-state index in [9.17, 15) is 8.42 Å². The predicted molar refractivity (Wildman–Crippen MR) is 93.0 cm³/mol. The van der Waals surface area contributed by atoms with Crippen molar-refractivity contribution in [1.29, 1.82) is 0 Å². The van der Waals surface area contributed by atoms with Crippen molar-refractivity contribution in [2.75, 3.05) is 13.7 Å². The summed E-state index contributed by atoms with van der Waals surface area (Å²) in [5.74, 6) is 0.771. The Morgan fingerprint density at radius 2 is 1.91 bits per heavy atom. The zero-order chi connectivity index (χ0) is 16.4. The number of methoxy groups -OCH3 is 1. The van der Waals surface area contributed by atoms with Gasteiger partial charge in [-0.05, 0) is 48.7 Å². The van der Waals surface area contributed by atoms with Crippen molar-refractivity contribution in [2.45, 2.75) is 23.8 Å². The Balaban J connectivity index is 1.94. The molecule has 0 aliphatic carbocycles. The number of sulfonamides is 1. The maximum atomic E-state index is 13.0. The van der Waals surface area contributed by atoms with Crippen LogP contribution < -0.4 is 4.74 Å². The molecule has 0 saturated carbocycles. The lowest BCUT2D eigenvalue weighted by atomic mass is 10.1. The van der Waals surface area contributed by atoms with Gasteiger partial charge in [0.1, 0.15) is 5.75 Å². The van der Waals surface area contributed by atoms with Crippen LogP contribution in [-0.4, -0.2) is 26.4 Å². The van der Waals surface area contributed by atoms with Crippen LogP contribution in [0.1, 0.15) is 24.4 Å². The highest BCUT2D eigenvalue weighted by atomic mass is 79.9. The molecule has 2 aromatic rings. The molecule has 1 heterocycles. The van der Waals surface area contributed by atoms with E-state index in [0.29, 0.717) is 11.4 Å². The summed E-state index contributed by atoms with van der Waals surface area (Å²) in [6.07, 6.45) is 1.70. The second-order valence-electron chi connectivity index (χ2n) is 5.50. The minimum absolute atomic E-state index is 0.120. The Morgan fingerprint density at radius 3 is 2.57 bits per heavy atom. The minimum atomic E-state index is -3.50. The molecule has 0 N–H and O–H groups in total. The normalized spacial score (nSPS) is 19.0.